The van der Waals surface area contributed by atoms with Gasteiger partial charge in [-0.05, 0) is 18.3 Å². The summed E-state index contributed by atoms with van der Waals surface area (Å²) in [5.74, 6) is 1.42. The third-order valence-electron chi connectivity index (χ3n) is 2.43. The van der Waals surface area contributed by atoms with Crippen molar-refractivity contribution in [2.24, 2.45) is 17.8 Å². The molecule has 74 valence electrons. The average molecular weight is 174 g/mol. The number of aliphatic hydroxyl groups is 1. The van der Waals surface area contributed by atoms with Gasteiger partial charge in [-0.3, -0.25) is 0 Å². The third kappa shape index (κ3) is 4.07. The fraction of sp³-hybridized carbons (Fsp3) is 1.00. The second-order valence-electron chi connectivity index (χ2n) is 4.09. The first kappa shape index (κ1) is 11.9. The predicted octanol–water partition coefficient (Wildman–Crippen LogP) is 2.27. The Hall–Kier alpha value is -0.0800. The lowest BCUT2D eigenvalue weighted by molar-refractivity contribution is -0.121. The highest BCUT2D eigenvalue weighted by atomic mass is 16.6. The van der Waals surface area contributed by atoms with Crippen LogP contribution in [0.2, 0.25) is 0 Å². The molecule has 0 aromatic carbocycles. The Kier molecular flexibility index (Phi) is 5.51. The highest BCUT2D eigenvalue weighted by molar-refractivity contribution is 4.65. The molecule has 2 heteroatoms. The van der Waals surface area contributed by atoms with E-state index in [0.717, 1.165) is 6.42 Å². The minimum absolute atomic E-state index is 0.220. The Morgan fingerprint density at radius 1 is 1.17 bits per heavy atom. The summed E-state index contributed by atoms with van der Waals surface area (Å²) < 4.78 is 4.87. The highest BCUT2D eigenvalue weighted by Crippen LogP contribution is 2.22. The van der Waals surface area contributed by atoms with Crippen molar-refractivity contribution in [3.63, 3.8) is 0 Å². The summed E-state index contributed by atoms with van der Waals surface area (Å²) in [5, 5.41) is 9.39. The van der Waals surface area contributed by atoms with E-state index in [1.54, 1.807) is 7.11 Å². The van der Waals surface area contributed by atoms with E-state index in [9.17, 15) is 5.11 Å². The summed E-state index contributed by atoms with van der Waals surface area (Å²) in [5.41, 5.74) is 0. The van der Waals surface area contributed by atoms with Crippen LogP contribution in [0.5, 0.6) is 0 Å². The quantitative estimate of drug-likeness (QED) is 0.648. The molecule has 0 saturated carbocycles. The van der Waals surface area contributed by atoms with Gasteiger partial charge in [-0.15, -0.1) is 0 Å². The lowest BCUT2D eigenvalue weighted by Crippen LogP contribution is -2.26. The van der Waals surface area contributed by atoms with Crippen LogP contribution in [0.3, 0.4) is 0 Å². The maximum Gasteiger partial charge on any atom is 0.156 e. The molecule has 0 aromatic heterocycles. The Morgan fingerprint density at radius 3 is 2.00 bits per heavy atom. The smallest absolute Gasteiger partial charge is 0.156 e. The van der Waals surface area contributed by atoms with Crippen LogP contribution in [-0.4, -0.2) is 18.5 Å². The van der Waals surface area contributed by atoms with Crippen LogP contribution in [0.1, 0.15) is 34.1 Å². The summed E-state index contributed by atoms with van der Waals surface area (Å²) in [7, 11) is 1.54. The Bertz CT molecular complexity index is 112. The molecule has 0 heterocycles. The van der Waals surface area contributed by atoms with Crippen LogP contribution >= 0.6 is 0 Å². The van der Waals surface area contributed by atoms with Crippen molar-refractivity contribution < 1.29 is 9.84 Å². The molecule has 3 unspecified atom stereocenters. The van der Waals surface area contributed by atoms with Crippen LogP contribution in [0.15, 0.2) is 0 Å². The molecule has 0 aliphatic carbocycles. The molecule has 0 rings (SSSR count). The Balaban J connectivity index is 3.83. The van der Waals surface area contributed by atoms with Crippen molar-refractivity contribution in [2.75, 3.05) is 7.11 Å². The van der Waals surface area contributed by atoms with Crippen molar-refractivity contribution in [1.82, 2.24) is 0 Å². The van der Waals surface area contributed by atoms with Gasteiger partial charge in [0.1, 0.15) is 0 Å². The topological polar surface area (TPSA) is 29.5 Å². The van der Waals surface area contributed by atoms with Crippen LogP contribution in [0.25, 0.3) is 0 Å². The standard InChI is InChI=1S/C10H22O2/c1-7(2)6-8(3)9(4)10(11)12-5/h7-11H,6H2,1-5H3. The lowest BCUT2D eigenvalue weighted by Gasteiger charge is -2.25. The normalized spacial score (nSPS) is 19.2. The van der Waals surface area contributed by atoms with E-state index in [1.807, 2.05) is 6.92 Å². The third-order valence-corrected chi connectivity index (χ3v) is 2.43. The van der Waals surface area contributed by atoms with E-state index in [0.29, 0.717) is 11.8 Å². The highest BCUT2D eigenvalue weighted by Gasteiger charge is 2.20. The number of aliphatic hydroxyl groups excluding tert-OH is 1. The molecule has 0 bridgehead atoms. The molecule has 0 saturated heterocycles. The van der Waals surface area contributed by atoms with E-state index >= 15 is 0 Å². The van der Waals surface area contributed by atoms with E-state index in [2.05, 4.69) is 20.8 Å². The first-order valence-electron chi connectivity index (χ1n) is 4.69. The monoisotopic (exact) mass is 174 g/mol. The maximum absolute atomic E-state index is 9.39. The van der Waals surface area contributed by atoms with Gasteiger partial charge in [0.05, 0.1) is 0 Å². The molecular weight excluding hydrogens is 152 g/mol. The molecule has 0 spiro atoms. The number of hydrogen-bond donors (Lipinski definition) is 1. The summed E-state index contributed by atoms with van der Waals surface area (Å²) in [6, 6.07) is 0. The van der Waals surface area contributed by atoms with Crippen LogP contribution in [0.4, 0.5) is 0 Å². The van der Waals surface area contributed by atoms with E-state index in [-0.39, 0.29) is 5.92 Å². The SMILES string of the molecule is COC(O)C(C)C(C)CC(C)C. The minimum Gasteiger partial charge on any atom is -0.368 e. The molecule has 12 heavy (non-hydrogen) atoms. The van der Waals surface area contributed by atoms with E-state index < -0.39 is 6.29 Å². The van der Waals surface area contributed by atoms with Crippen molar-refractivity contribution in [2.45, 2.75) is 40.4 Å². The largest absolute Gasteiger partial charge is 0.368 e. The molecule has 2 nitrogen and oxygen atoms in total. The van der Waals surface area contributed by atoms with Crippen LogP contribution < -0.4 is 0 Å². The molecule has 0 amide bonds. The molecule has 0 aliphatic heterocycles. The van der Waals surface area contributed by atoms with Gasteiger partial charge in [0.15, 0.2) is 6.29 Å². The lowest BCUT2D eigenvalue weighted by atomic mass is 9.88. The van der Waals surface area contributed by atoms with Gasteiger partial charge in [-0.1, -0.05) is 27.7 Å². The minimum atomic E-state index is -0.612. The zero-order chi connectivity index (χ0) is 9.72. The molecule has 0 fully saturated rings. The van der Waals surface area contributed by atoms with Gasteiger partial charge in [-0.2, -0.15) is 0 Å². The molecule has 0 aromatic rings. The summed E-state index contributed by atoms with van der Waals surface area (Å²) in [4.78, 5) is 0. The molecule has 0 aliphatic rings. The molecule has 0 radical (unpaired) electrons. The van der Waals surface area contributed by atoms with Gasteiger partial charge >= 0.3 is 0 Å². The maximum atomic E-state index is 9.39. The van der Waals surface area contributed by atoms with Gasteiger partial charge in [0.25, 0.3) is 0 Å². The van der Waals surface area contributed by atoms with Gasteiger partial charge in [-0.25, -0.2) is 0 Å². The summed E-state index contributed by atoms with van der Waals surface area (Å²) >= 11 is 0. The second kappa shape index (κ2) is 5.55. The van der Waals surface area contributed by atoms with Crippen LogP contribution in [-0.2, 0) is 4.74 Å². The van der Waals surface area contributed by atoms with Crippen molar-refractivity contribution in [1.29, 1.82) is 0 Å². The number of methoxy groups -OCH3 is 1. The Morgan fingerprint density at radius 2 is 1.67 bits per heavy atom. The predicted molar refractivity (Wildman–Crippen MR) is 50.8 cm³/mol. The fourth-order valence-electron chi connectivity index (χ4n) is 1.45. The van der Waals surface area contributed by atoms with Gasteiger partial charge < -0.3 is 9.84 Å². The van der Waals surface area contributed by atoms with E-state index in [1.165, 1.54) is 0 Å². The molecular formula is C10H22O2. The molecule has 1 N–H and O–H groups in total. The summed E-state index contributed by atoms with van der Waals surface area (Å²) in [6.07, 6.45) is 0.528. The van der Waals surface area contributed by atoms with Crippen molar-refractivity contribution in [3.8, 4) is 0 Å². The van der Waals surface area contributed by atoms with Crippen molar-refractivity contribution in [3.05, 3.63) is 0 Å². The zero-order valence-corrected chi connectivity index (χ0v) is 8.87. The van der Waals surface area contributed by atoms with E-state index in [4.69, 9.17) is 4.74 Å². The fourth-order valence-corrected chi connectivity index (χ4v) is 1.45. The Labute approximate surface area is 75.9 Å². The van der Waals surface area contributed by atoms with Crippen LogP contribution in [0, 0.1) is 17.8 Å². The average Bonchev–Trinajstić information content (AvgIpc) is 2.00. The zero-order valence-electron chi connectivity index (χ0n) is 8.87. The number of hydrogen-bond acceptors (Lipinski definition) is 2. The number of rotatable bonds is 5. The molecule has 3 atom stereocenters. The summed E-state index contributed by atoms with van der Waals surface area (Å²) in [6.45, 7) is 8.58. The van der Waals surface area contributed by atoms with Gasteiger partial charge in [0, 0.05) is 13.0 Å². The first-order chi connectivity index (χ1) is 5.49. The van der Waals surface area contributed by atoms with Crippen molar-refractivity contribution >= 4 is 0 Å². The van der Waals surface area contributed by atoms with Gasteiger partial charge in [0.2, 0.25) is 0 Å². The second-order valence-corrected chi connectivity index (χ2v) is 4.09. The number of ether oxygens (including phenoxy) is 1. The first-order valence-corrected chi connectivity index (χ1v) is 4.69.